The molecule has 5 rings (SSSR count). The van der Waals surface area contributed by atoms with E-state index in [-0.39, 0.29) is 35.2 Å². The zero-order chi connectivity index (χ0) is 23.5. The van der Waals surface area contributed by atoms with E-state index in [1.807, 2.05) is 70.1 Å². The summed E-state index contributed by atoms with van der Waals surface area (Å²) in [6, 6.07) is 19.7. The standard InChI is InChI=1S/C25H28N4O3S2/c30-23(28(20-13-7-8-14-20)22-15-16-34(31,32)18-22)17-33-25-27-26-24(19-9-3-1-4-10-19)29(25)21-11-5-2-6-12-21/h1-6,9-12,20,22H,7-8,13-18H2. The molecule has 2 aliphatic rings. The number of amides is 1. The molecule has 2 aromatic carbocycles. The van der Waals surface area contributed by atoms with Gasteiger partial charge in [-0.15, -0.1) is 10.2 Å². The van der Waals surface area contributed by atoms with Gasteiger partial charge in [-0.2, -0.15) is 0 Å². The van der Waals surface area contributed by atoms with Gasteiger partial charge in [-0.1, -0.05) is 73.1 Å². The number of thioether (sulfide) groups is 1. The molecule has 7 nitrogen and oxygen atoms in total. The molecule has 1 unspecified atom stereocenters. The number of hydrogen-bond acceptors (Lipinski definition) is 6. The SMILES string of the molecule is O=C(CSc1nnc(-c2ccccc2)n1-c1ccccc1)N(C1CCCC1)C1CCS(=O)(=O)C1. The average Bonchev–Trinajstić information content (AvgIpc) is 3.59. The molecule has 1 saturated heterocycles. The van der Waals surface area contributed by atoms with Gasteiger partial charge in [0, 0.05) is 23.3 Å². The molecule has 0 radical (unpaired) electrons. The van der Waals surface area contributed by atoms with Gasteiger partial charge in [-0.3, -0.25) is 9.36 Å². The molecule has 2 heterocycles. The van der Waals surface area contributed by atoms with Crippen molar-refractivity contribution in [1.82, 2.24) is 19.7 Å². The predicted octanol–water partition coefficient (Wildman–Crippen LogP) is 3.98. The van der Waals surface area contributed by atoms with E-state index in [1.165, 1.54) is 11.8 Å². The van der Waals surface area contributed by atoms with Crippen LogP contribution in [0.5, 0.6) is 0 Å². The summed E-state index contributed by atoms with van der Waals surface area (Å²) in [7, 11) is -3.07. The van der Waals surface area contributed by atoms with Crippen molar-refractivity contribution >= 4 is 27.5 Å². The molecule has 9 heteroatoms. The lowest BCUT2D eigenvalue weighted by atomic mass is 10.1. The van der Waals surface area contributed by atoms with Crippen molar-refractivity contribution in [3.05, 3.63) is 60.7 Å². The fourth-order valence-corrected chi connectivity index (χ4v) is 7.56. The lowest BCUT2D eigenvalue weighted by Gasteiger charge is -2.34. The molecule has 178 valence electrons. The minimum atomic E-state index is -3.07. The molecule has 1 atom stereocenters. The van der Waals surface area contributed by atoms with Crippen LogP contribution >= 0.6 is 11.8 Å². The monoisotopic (exact) mass is 496 g/mol. The van der Waals surface area contributed by atoms with Gasteiger partial charge in [-0.05, 0) is 31.4 Å². The number of rotatable bonds is 7. The van der Waals surface area contributed by atoms with Gasteiger partial charge in [0.25, 0.3) is 0 Å². The predicted molar refractivity (Wildman–Crippen MR) is 134 cm³/mol. The van der Waals surface area contributed by atoms with Crippen molar-refractivity contribution in [2.24, 2.45) is 0 Å². The van der Waals surface area contributed by atoms with E-state index in [2.05, 4.69) is 10.2 Å². The third-order valence-electron chi connectivity index (χ3n) is 6.61. The maximum absolute atomic E-state index is 13.5. The quantitative estimate of drug-likeness (QED) is 0.460. The fraction of sp³-hybridized carbons (Fsp3) is 0.400. The van der Waals surface area contributed by atoms with E-state index in [1.54, 1.807) is 0 Å². The topological polar surface area (TPSA) is 85.2 Å². The highest BCUT2D eigenvalue weighted by molar-refractivity contribution is 7.99. The minimum Gasteiger partial charge on any atom is -0.335 e. The lowest BCUT2D eigenvalue weighted by molar-refractivity contribution is -0.132. The van der Waals surface area contributed by atoms with Gasteiger partial charge >= 0.3 is 0 Å². The zero-order valence-corrected chi connectivity index (χ0v) is 20.5. The van der Waals surface area contributed by atoms with E-state index in [0.29, 0.717) is 11.6 Å². The second-order valence-electron chi connectivity index (χ2n) is 8.93. The molecule has 34 heavy (non-hydrogen) atoms. The van der Waals surface area contributed by atoms with Crippen LogP contribution in [0.25, 0.3) is 17.1 Å². The summed E-state index contributed by atoms with van der Waals surface area (Å²) in [5, 5.41) is 9.52. The Morgan fingerprint density at radius 2 is 1.62 bits per heavy atom. The largest absolute Gasteiger partial charge is 0.335 e. The second kappa shape index (κ2) is 9.92. The first-order valence-corrected chi connectivity index (χ1v) is 14.5. The number of benzene rings is 2. The maximum Gasteiger partial charge on any atom is 0.233 e. The molecule has 2 fully saturated rings. The van der Waals surface area contributed by atoms with Gasteiger partial charge in [-0.25, -0.2) is 8.42 Å². The van der Waals surface area contributed by atoms with E-state index >= 15 is 0 Å². The van der Waals surface area contributed by atoms with Gasteiger partial charge in [0.05, 0.1) is 17.3 Å². The van der Waals surface area contributed by atoms with Crippen LogP contribution in [0.1, 0.15) is 32.1 Å². The molecule has 3 aromatic rings. The number of para-hydroxylation sites is 1. The summed E-state index contributed by atoms with van der Waals surface area (Å²) in [4.78, 5) is 15.4. The Balaban J connectivity index is 1.41. The summed E-state index contributed by atoms with van der Waals surface area (Å²) < 4.78 is 26.3. The molecule has 0 spiro atoms. The lowest BCUT2D eigenvalue weighted by Crippen LogP contribution is -2.47. The van der Waals surface area contributed by atoms with Crippen molar-refractivity contribution in [2.45, 2.75) is 49.3 Å². The first-order chi connectivity index (χ1) is 16.5. The van der Waals surface area contributed by atoms with Crippen LogP contribution in [0.2, 0.25) is 0 Å². The van der Waals surface area contributed by atoms with Gasteiger partial charge in [0.15, 0.2) is 20.8 Å². The molecule has 1 saturated carbocycles. The smallest absolute Gasteiger partial charge is 0.233 e. The summed E-state index contributed by atoms with van der Waals surface area (Å²) in [5.41, 5.74) is 1.87. The third kappa shape index (κ3) is 4.90. The Labute approximate surface area is 204 Å². The van der Waals surface area contributed by atoms with E-state index in [0.717, 1.165) is 42.8 Å². The first kappa shape index (κ1) is 23.1. The summed E-state index contributed by atoms with van der Waals surface area (Å²) in [6.07, 6.45) is 4.61. The van der Waals surface area contributed by atoms with Crippen molar-refractivity contribution in [2.75, 3.05) is 17.3 Å². The van der Waals surface area contributed by atoms with Crippen molar-refractivity contribution < 1.29 is 13.2 Å². The minimum absolute atomic E-state index is 0.0112. The van der Waals surface area contributed by atoms with E-state index < -0.39 is 9.84 Å². The normalized spacial score (nSPS) is 19.9. The van der Waals surface area contributed by atoms with Crippen LogP contribution in [0.4, 0.5) is 0 Å². The van der Waals surface area contributed by atoms with Crippen LogP contribution in [-0.2, 0) is 14.6 Å². The molecular formula is C25H28N4O3S2. The number of carbonyl (C=O) groups is 1. The summed E-state index contributed by atoms with van der Waals surface area (Å²) in [6.45, 7) is 0. The Morgan fingerprint density at radius 1 is 0.941 bits per heavy atom. The molecule has 0 N–H and O–H groups in total. The van der Waals surface area contributed by atoms with E-state index in [4.69, 9.17) is 0 Å². The third-order valence-corrected chi connectivity index (χ3v) is 9.28. The Bertz CT molecular complexity index is 1240. The number of nitrogens with zero attached hydrogens (tertiary/aromatic N) is 4. The Morgan fingerprint density at radius 3 is 2.26 bits per heavy atom. The maximum atomic E-state index is 13.5. The fourth-order valence-electron chi connectivity index (χ4n) is 5.03. The number of aromatic nitrogens is 3. The molecule has 1 aromatic heterocycles. The van der Waals surface area contributed by atoms with Crippen LogP contribution in [0.3, 0.4) is 0 Å². The van der Waals surface area contributed by atoms with Crippen LogP contribution in [0.15, 0.2) is 65.8 Å². The Kier molecular flexibility index (Phi) is 6.74. The molecule has 1 aliphatic heterocycles. The Hall–Kier alpha value is -2.65. The van der Waals surface area contributed by atoms with Gasteiger partial charge in [0.2, 0.25) is 5.91 Å². The van der Waals surface area contributed by atoms with Crippen LogP contribution in [0, 0.1) is 0 Å². The summed E-state index contributed by atoms with van der Waals surface area (Å²) in [5.74, 6) is 1.16. The average molecular weight is 497 g/mol. The van der Waals surface area contributed by atoms with Crippen LogP contribution in [-0.4, -0.2) is 63.3 Å². The van der Waals surface area contributed by atoms with E-state index in [9.17, 15) is 13.2 Å². The molecule has 1 aliphatic carbocycles. The first-order valence-electron chi connectivity index (χ1n) is 11.7. The van der Waals surface area contributed by atoms with Crippen LogP contribution < -0.4 is 0 Å². The highest BCUT2D eigenvalue weighted by Gasteiger charge is 2.39. The van der Waals surface area contributed by atoms with Gasteiger partial charge in [0.1, 0.15) is 0 Å². The number of sulfone groups is 1. The molecule has 0 bridgehead atoms. The second-order valence-corrected chi connectivity index (χ2v) is 12.1. The van der Waals surface area contributed by atoms with Crippen molar-refractivity contribution in [1.29, 1.82) is 0 Å². The molecule has 1 amide bonds. The van der Waals surface area contributed by atoms with Crippen molar-refractivity contribution in [3.63, 3.8) is 0 Å². The highest BCUT2D eigenvalue weighted by atomic mass is 32.2. The highest BCUT2D eigenvalue weighted by Crippen LogP contribution is 2.32. The summed E-state index contributed by atoms with van der Waals surface area (Å²) >= 11 is 1.36. The van der Waals surface area contributed by atoms with Crippen molar-refractivity contribution in [3.8, 4) is 17.1 Å². The molecular weight excluding hydrogens is 468 g/mol. The zero-order valence-electron chi connectivity index (χ0n) is 18.9. The van der Waals surface area contributed by atoms with Gasteiger partial charge < -0.3 is 4.90 Å². The number of carbonyl (C=O) groups excluding carboxylic acids is 1. The number of hydrogen-bond donors (Lipinski definition) is 0.